The predicted molar refractivity (Wildman–Crippen MR) is 386 cm³/mol. The molecule has 19 heteroatoms. The van der Waals surface area contributed by atoms with Gasteiger partial charge in [-0.1, -0.05) is 343 Å². The monoisotopic (exact) mass is 1400 g/mol. The van der Waals surface area contributed by atoms with Crippen molar-refractivity contribution in [1.29, 1.82) is 0 Å². The van der Waals surface area contributed by atoms with Gasteiger partial charge in [0.05, 0.1) is 26.4 Å². The number of carbonyl (C=O) groups excluding carboxylic acids is 4. The molecule has 0 aliphatic carbocycles. The van der Waals surface area contributed by atoms with Crippen LogP contribution in [0, 0.1) is 11.8 Å². The zero-order valence-electron chi connectivity index (χ0n) is 62.0. The van der Waals surface area contributed by atoms with Crippen molar-refractivity contribution in [3.63, 3.8) is 0 Å². The Labute approximate surface area is 581 Å². The predicted octanol–water partition coefficient (Wildman–Crippen LogP) is 22.3. The van der Waals surface area contributed by atoms with Crippen molar-refractivity contribution in [2.24, 2.45) is 11.8 Å². The Hall–Kier alpha value is -1.94. The molecule has 0 fully saturated rings. The SMILES string of the molecule is CCCCCCCCCCCCCCCCCCCC(=O)O[C@H](COC(=O)CCCCCCCCCCCCCCCCC)COP(=O)(O)OC[C@@H](O)COP(=O)(O)OC[C@@H](COC(=O)CCCCCCCCC(C)C)OC(=O)CCCCCCCCCCCCCC(C)C. The maximum Gasteiger partial charge on any atom is 0.472 e. The Balaban J connectivity index is 5.24. The van der Waals surface area contributed by atoms with Gasteiger partial charge in [0.25, 0.3) is 0 Å². The molecule has 0 rings (SSSR count). The quantitative estimate of drug-likeness (QED) is 0.0222. The molecule has 3 N–H and O–H groups in total. The standard InChI is InChI=1S/C76H148O17P2/c1-7-9-11-13-15-17-19-21-23-24-26-28-32-36-40-48-54-60-75(80)92-71(64-86-73(78)58-52-46-39-35-31-27-25-22-20-18-16-14-12-10-8-2)66-90-94(82,83)88-62-70(77)63-89-95(84,85)91-67-72(65-87-74(79)59-53-47-43-42-45-51-57-69(5)6)93-76(81)61-55-49-41-37-33-29-30-34-38-44-50-56-68(3)4/h68-72,77H,7-67H2,1-6H3,(H,82,83)(H,84,85)/t70-,71-,72-/m1/s1. The van der Waals surface area contributed by atoms with Crippen molar-refractivity contribution >= 4 is 39.5 Å². The first-order valence-corrected chi connectivity index (χ1v) is 42.5. The van der Waals surface area contributed by atoms with Crippen LogP contribution in [-0.2, 0) is 65.4 Å². The van der Waals surface area contributed by atoms with E-state index in [1.165, 1.54) is 205 Å². The Bertz CT molecular complexity index is 1840. The molecule has 0 aliphatic heterocycles. The number of ether oxygens (including phenoxy) is 4. The summed E-state index contributed by atoms with van der Waals surface area (Å²) in [5.74, 6) is -0.671. The highest BCUT2D eigenvalue weighted by Crippen LogP contribution is 2.45. The number of hydrogen-bond donors (Lipinski definition) is 3. The van der Waals surface area contributed by atoms with Gasteiger partial charge in [-0.3, -0.25) is 37.3 Å². The van der Waals surface area contributed by atoms with Crippen molar-refractivity contribution in [3.8, 4) is 0 Å². The molecule has 0 bridgehead atoms. The molecule has 0 amide bonds. The molecular weight excluding hydrogens is 1250 g/mol. The van der Waals surface area contributed by atoms with Gasteiger partial charge in [0.1, 0.15) is 19.3 Å². The summed E-state index contributed by atoms with van der Waals surface area (Å²) in [6.45, 7) is 9.52. The molecule has 0 spiro atoms. The van der Waals surface area contributed by atoms with Crippen LogP contribution in [0.2, 0.25) is 0 Å². The minimum Gasteiger partial charge on any atom is -0.462 e. The first-order chi connectivity index (χ1) is 45.9. The average molecular weight is 1400 g/mol. The van der Waals surface area contributed by atoms with E-state index >= 15 is 0 Å². The third-order valence-electron chi connectivity index (χ3n) is 17.7. The zero-order chi connectivity index (χ0) is 70.0. The minimum atomic E-state index is -4.96. The van der Waals surface area contributed by atoms with Gasteiger partial charge in [0.2, 0.25) is 0 Å². The number of hydrogen-bond acceptors (Lipinski definition) is 15. The molecule has 0 heterocycles. The summed E-state index contributed by atoms with van der Waals surface area (Å²) >= 11 is 0. The lowest BCUT2D eigenvalue weighted by molar-refractivity contribution is -0.161. The van der Waals surface area contributed by atoms with E-state index in [4.69, 9.17) is 37.0 Å². The first kappa shape index (κ1) is 93.1. The van der Waals surface area contributed by atoms with Gasteiger partial charge in [0.15, 0.2) is 12.2 Å². The molecule has 0 aromatic carbocycles. The van der Waals surface area contributed by atoms with Crippen LogP contribution in [0.5, 0.6) is 0 Å². The van der Waals surface area contributed by atoms with Crippen LogP contribution in [-0.4, -0.2) is 96.7 Å². The minimum absolute atomic E-state index is 0.106. The summed E-state index contributed by atoms with van der Waals surface area (Å²) < 4.78 is 68.5. The van der Waals surface area contributed by atoms with E-state index in [9.17, 15) is 43.2 Å². The number of unbranched alkanes of at least 4 members (excludes halogenated alkanes) is 45. The molecule has 0 aromatic heterocycles. The second kappa shape index (κ2) is 67.9. The van der Waals surface area contributed by atoms with Crippen LogP contribution in [0.1, 0.15) is 395 Å². The fourth-order valence-corrected chi connectivity index (χ4v) is 13.2. The summed E-state index contributed by atoms with van der Waals surface area (Å²) in [6, 6.07) is 0. The van der Waals surface area contributed by atoms with Gasteiger partial charge < -0.3 is 33.8 Å². The van der Waals surface area contributed by atoms with Crippen molar-refractivity contribution in [2.75, 3.05) is 39.6 Å². The van der Waals surface area contributed by atoms with Gasteiger partial charge in [-0.25, -0.2) is 9.13 Å². The molecule has 0 saturated carbocycles. The van der Waals surface area contributed by atoms with Crippen LogP contribution >= 0.6 is 15.6 Å². The maximum absolute atomic E-state index is 13.1. The summed E-state index contributed by atoms with van der Waals surface area (Å²) in [4.78, 5) is 72.8. The second-order valence-electron chi connectivity index (χ2n) is 28.3. The normalized spacial score (nSPS) is 14.0. The molecule has 0 aromatic rings. The van der Waals surface area contributed by atoms with Crippen molar-refractivity contribution in [3.05, 3.63) is 0 Å². The van der Waals surface area contributed by atoms with E-state index in [1.54, 1.807) is 0 Å². The molecule has 0 aliphatic rings. The number of aliphatic hydroxyl groups excluding tert-OH is 1. The number of carbonyl (C=O) groups is 4. The smallest absolute Gasteiger partial charge is 0.462 e. The highest BCUT2D eigenvalue weighted by molar-refractivity contribution is 7.47. The summed E-state index contributed by atoms with van der Waals surface area (Å²) in [5.41, 5.74) is 0. The van der Waals surface area contributed by atoms with Gasteiger partial charge >= 0.3 is 39.5 Å². The zero-order valence-corrected chi connectivity index (χ0v) is 63.8. The van der Waals surface area contributed by atoms with Crippen molar-refractivity contribution < 1.29 is 80.2 Å². The Morgan fingerprint density at radius 3 is 0.716 bits per heavy atom. The van der Waals surface area contributed by atoms with Gasteiger partial charge in [-0.15, -0.1) is 0 Å². The average Bonchev–Trinajstić information content (AvgIpc) is 3.07. The van der Waals surface area contributed by atoms with Crippen LogP contribution < -0.4 is 0 Å². The number of esters is 4. The lowest BCUT2D eigenvalue weighted by Gasteiger charge is -2.21. The molecule has 5 atom stereocenters. The molecule has 17 nitrogen and oxygen atoms in total. The molecule has 2 unspecified atom stereocenters. The lowest BCUT2D eigenvalue weighted by Crippen LogP contribution is -2.30. The summed E-state index contributed by atoms with van der Waals surface area (Å²) in [5, 5.41) is 10.6. The van der Waals surface area contributed by atoms with E-state index < -0.39 is 97.5 Å². The Morgan fingerprint density at radius 2 is 0.484 bits per heavy atom. The van der Waals surface area contributed by atoms with Crippen molar-refractivity contribution in [1.82, 2.24) is 0 Å². The number of aliphatic hydroxyl groups is 1. The van der Waals surface area contributed by atoms with E-state index in [1.807, 2.05) is 0 Å². The highest BCUT2D eigenvalue weighted by atomic mass is 31.2. The third-order valence-corrected chi connectivity index (χ3v) is 19.6. The Kier molecular flexibility index (Phi) is 66.5. The number of rotatable bonds is 75. The van der Waals surface area contributed by atoms with Crippen LogP contribution in [0.15, 0.2) is 0 Å². The van der Waals surface area contributed by atoms with Crippen LogP contribution in [0.4, 0.5) is 0 Å². The van der Waals surface area contributed by atoms with E-state index in [0.717, 1.165) is 102 Å². The van der Waals surface area contributed by atoms with Crippen molar-refractivity contribution in [2.45, 2.75) is 413 Å². The summed E-state index contributed by atoms with van der Waals surface area (Å²) in [7, 11) is -9.91. The maximum atomic E-state index is 13.1. The van der Waals surface area contributed by atoms with Gasteiger partial charge in [0, 0.05) is 25.7 Å². The molecule has 0 saturated heterocycles. The third kappa shape index (κ3) is 70.3. The first-order valence-electron chi connectivity index (χ1n) is 39.5. The molecule has 564 valence electrons. The van der Waals surface area contributed by atoms with Crippen LogP contribution in [0.25, 0.3) is 0 Å². The summed E-state index contributed by atoms with van der Waals surface area (Å²) in [6.07, 6.45) is 55.6. The molecular formula is C76H148O17P2. The van der Waals surface area contributed by atoms with E-state index in [2.05, 4.69) is 41.5 Å². The lowest BCUT2D eigenvalue weighted by atomic mass is 10.0. The fourth-order valence-electron chi connectivity index (χ4n) is 11.7. The Morgan fingerprint density at radius 1 is 0.284 bits per heavy atom. The molecule has 0 radical (unpaired) electrons. The topological polar surface area (TPSA) is 237 Å². The number of phosphoric ester groups is 2. The highest BCUT2D eigenvalue weighted by Gasteiger charge is 2.30. The van der Waals surface area contributed by atoms with E-state index in [0.29, 0.717) is 31.6 Å². The van der Waals surface area contributed by atoms with E-state index in [-0.39, 0.29) is 25.7 Å². The second-order valence-corrected chi connectivity index (χ2v) is 31.3. The van der Waals surface area contributed by atoms with Gasteiger partial charge in [-0.05, 0) is 37.5 Å². The van der Waals surface area contributed by atoms with Gasteiger partial charge in [-0.2, -0.15) is 0 Å². The largest absolute Gasteiger partial charge is 0.472 e. The molecule has 95 heavy (non-hydrogen) atoms. The van der Waals surface area contributed by atoms with Crippen LogP contribution in [0.3, 0.4) is 0 Å². The fraction of sp³-hybridized carbons (Fsp3) is 0.947. The number of phosphoric acid groups is 2.